The second-order valence-electron chi connectivity index (χ2n) is 2.28. The molecular formula is C8H3BrN2S2. The third kappa shape index (κ3) is 1.80. The van der Waals surface area contributed by atoms with Crippen LogP contribution in [0.15, 0.2) is 21.3 Å². The summed E-state index contributed by atoms with van der Waals surface area (Å²) in [6.45, 7) is 0. The zero-order valence-corrected chi connectivity index (χ0v) is 9.54. The maximum Gasteiger partial charge on any atom is 0.152 e. The highest BCUT2D eigenvalue weighted by Crippen LogP contribution is 2.31. The van der Waals surface area contributed by atoms with Crippen LogP contribution in [0.4, 0.5) is 0 Å². The summed E-state index contributed by atoms with van der Waals surface area (Å²) in [5, 5.41) is 13.3. The number of hydrogen-bond donors (Lipinski definition) is 0. The highest BCUT2D eigenvalue weighted by molar-refractivity contribution is 9.10. The average Bonchev–Trinajstić information content (AvgIpc) is 2.71. The van der Waals surface area contributed by atoms with E-state index in [1.807, 2.05) is 17.5 Å². The molecule has 0 bridgehead atoms. The van der Waals surface area contributed by atoms with Crippen molar-refractivity contribution in [1.82, 2.24) is 4.98 Å². The molecule has 2 rings (SSSR count). The van der Waals surface area contributed by atoms with Crippen molar-refractivity contribution in [2.24, 2.45) is 0 Å². The number of thiophene rings is 1. The number of nitrogens with zero attached hydrogens (tertiary/aromatic N) is 2. The first-order chi connectivity index (χ1) is 6.29. The smallest absolute Gasteiger partial charge is 0.152 e. The monoisotopic (exact) mass is 270 g/mol. The lowest BCUT2D eigenvalue weighted by Crippen LogP contribution is -1.72. The Morgan fingerprint density at radius 2 is 2.23 bits per heavy atom. The summed E-state index contributed by atoms with van der Waals surface area (Å²) in [7, 11) is 0. The van der Waals surface area contributed by atoms with Crippen LogP contribution in [0.5, 0.6) is 0 Å². The molecule has 0 saturated carbocycles. The van der Waals surface area contributed by atoms with Gasteiger partial charge in [-0.05, 0) is 22.0 Å². The molecule has 0 radical (unpaired) electrons. The quantitative estimate of drug-likeness (QED) is 0.795. The molecule has 2 heterocycles. The van der Waals surface area contributed by atoms with Crippen LogP contribution >= 0.6 is 38.6 Å². The molecule has 0 saturated heterocycles. The van der Waals surface area contributed by atoms with Crippen molar-refractivity contribution in [3.63, 3.8) is 0 Å². The van der Waals surface area contributed by atoms with E-state index in [1.165, 1.54) is 11.3 Å². The molecule has 0 aliphatic rings. The molecule has 0 atom stereocenters. The van der Waals surface area contributed by atoms with E-state index < -0.39 is 0 Å². The zero-order chi connectivity index (χ0) is 9.26. The van der Waals surface area contributed by atoms with E-state index in [-0.39, 0.29) is 0 Å². The van der Waals surface area contributed by atoms with Crippen molar-refractivity contribution >= 4 is 38.6 Å². The van der Waals surface area contributed by atoms with Crippen LogP contribution in [0.1, 0.15) is 5.69 Å². The van der Waals surface area contributed by atoms with E-state index in [0.29, 0.717) is 5.69 Å². The number of hydrogen-bond acceptors (Lipinski definition) is 4. The Morgan fingerprint density at radius 3 is 2.77 bits per heavy atom. The second-order valence-corrected chi connectivity index (χ2v) is 4.96. The molecule has 0 aromatic carbocycles. The summed E-state index contributed by atoms with van der Waals surface area (Å²) in [5.41, 5.74) is 0.490. The van der Waals surface area contributed by atoms with Crippen LogP contribution in [0.2, 0.25) is 0 Å². The minimum Gasteiger partial charge on any atom is -0.224 e. The molecule has 0 spiro atoms. The summed E-state index contributed by atoms with van der Waals surface area (Å²) >= 11 is 6.49. The molecule has 13 heavy (non-hydrogen) atoms. The van der Waals surface area contributed by atoms with Crippen LogP contribution in [-0.4, -0.2) is 4.98 Å². The number of rotatable bonds is 1. The number of halogens is 1. The van der Waals surface area contributed by atoms with Gasteiger partial charge in [0.25, 0.3) is 0 Å². The van der Waals surface area contributed by atoms with Crippen LogP contribution in [0, 0.1) is 11.3 Å². The van der Waals surface area contributed by atoms with Crippen LogP contribution in [0.3, 0.4) is 0 Å². The van der Waals surface area contributed by atoms with E-state index in [0.717, 1.165) is 14.4 Å². The molecule has 2 aromatic rings. The lowest BCUT2D eigenvalue weighted by atomic mass is 10.5. The molecule has 0 amide bonds. The molecule has 64 valence electrons. The molecule has 0 aliphatic heterocycles. The van der Waals surface area contributed by atoms with Gasteiger partial charge >= 0.3 is 0 Å². The maximum atomic E-state index is 8.59. The molecule has 0 N–H and O–H groups in total. The fourth-order valence-corrected chi connectivity index (χ4v) is 3.12. The van der Waals surface area contributed by atoms with Crippen LogP contribution < -0.4 is 0 Å². The fraction of sp³-hybridized carbons (Fsp3) is 0. The highest BCUT2D eigenvalue weighted by atomic mass is 79.9. The van der Waals surface area contributed by atoms with E-state index in [2.05, 4.69) is 20.9 Å². The largest absolute Gasteiger partial charge is 0.224 e. The standard InChI is InChI=1S/C8H3BrN2S2/c9-5-1-7(12-3-5)8-11-6(2-10)4-13-8/h1,3-4H. The Bertz CT molecular complexity index is 466. The van der Waals surface area contributed by atoms with Gasteiger partial charge in [-0.2, -0.15) is 5.26 Å². The van der Waals surface area contributed by atoms with E-state index in [9.17, 15) is 0 Å². The first kappa shape index (κ1) is 8.88. The third-order valence-electron chi connectivity index (χ3n) is 1.40. The van der Waals surface area contributed by atoms with E-state index in [4.69, 9.17) is 5.26 Å². The Balaban J connectivity index is 2.42. The molecule has 0 unspecified atom stereocenters. The Kier molecular flexibility index (Phi) is 2.44. The predicted molar refractivity (Wildman–Crippen MR) is 57.8 cm³/mol. The van der Waals surface area contributed by atoms with E-state index >= 15 is 0 Å². The van der Waals surface area contributed by atoms with Crippen molar-refractivity contribution in [1.29, 1.82) is 5.26 Å². The summed E-state index contributed by atoms with van der Waals surface area (Å²) in [4.78, 5) is 5.26. The van der Waals surface area contributed by atoms with Gasteiger partial charge < -0.3 is 0 Å². The number of thiazole rings is 1. The van der Waals surface area contributed by atoms with Gasteiger partial charge in [-0.1, -0.05) is 0 Å². The van der Waals surface area contributed by atoms with Gasteiger partial charge in [0.1, 0.15) is 11.1 Å². The highest BCUT2D eigenvalue weighted by Gasteiger charge is 2.05. The minimum absolute atomic E-state index is 0.490. The van der Waals surface area contributed by atoms with Gasteiger partial charge in [-0.15, -0.1) is 22.7 Å². The summed E-state index contributed by atoms with van der Waals surface area (Å²) in [6, 6.07) is 4.02. The zero-order valence-electron chi connectivity index (χ0n) is 6.32. The normalized spacial score (nSPS) is 9.85. The van der Waals surface area contributed by atoms with Gasteiger partial charge in [0.2, 0.25) is 0 Å². The fourth-order valence-electron chi connectivity index (χ4n) is 0.863. The molecular weight excluding hydrogens is 268 g/mol. The number of nitriles is 1. The lowest BCUT2D eigenvalue weighted by molar-refractivity contribution is 1.34. The first-order valence-electron chi connectivity index (χ1n) is 3.39. The van der Waals surface area contributed by atoms with Gasteiger partial charge in [0, 0.05) is 15.2 Å². The Labute approximate surface area is 91.6 Å². The second kappa shape index (κ2) is 3.58. The Morgan fingerprint density at radius 1 is 1.38 bits per heavy atom. The van der Waals surface area contributed by atoms with Crippen molar-refractivity contribution in [2.75, 3.05) is 0 Å². The van der Waals surface area contributed by atoms with Crippen LogP contribution in [-0.2, 0) is 0 Å². The van der Waals surface area contributed by atoms with Crippen molar-refractivity contribution in [3.05, 3.63) is 27.0 Å². The molecule has 5 heteroatoms. The number of aromatic nitrogens is 1. The van der Waals surface area contributed by atoms with Gasteiger partial charge in [-0.3, -0.25) is 0 Å². The Hall–Kier alpha value is -0.700. The van der Waals surface area contributed by atoms with Crippen LogP contribution in [0.25, 0.3) is 9.88 Å². The predicted octanol–water partition coefficient (Wildman–Crippen LogP) is 3.51. The third-order valence-corrected chi connectivity index (χ3v) is 4.10. The molecule has 2 aromatic heterocycles. The van der Waals surface area contributed by atoms with Crippen molar-refractivity contribution in [2.45, 2.75) is 0 Å². The van der Waals surface area contributed by atoms with Crippen molar-refractivity contribution in [3.8, 4) is 16.0 Å². The molecule has 0 aliphatic carbocycles. The maximum absolute atomic E-state index is 8.59. The first-order valence-corrected chi connectivity index (χ1v) is 5.95. The molecule has 0 fully saturated rings. The SMILES string of the molecule is N#Cc1csc(-c2cc(Br)cs2)n1. The summed E-state index contributed by atoms with van der Waals surface area (Å²) in [6.07, 6.45) is 0. The van der Waals surface area contributed by atoms with Gasteiger partial charge in [0.05, 0.1) is 4.88 Å². The molecule has 2 nitrogen and oxygen atoms in total. The van der Waals surface area contributed by atoms with Gasteiger partial charge in [-0.25, -0.2) is 4.98 Å². The summed E-state index contributed by atoms with van der Waals surface area (Å²) in [5.74, 6) is 0. The van der Waals surface area contributed by atoms with Gasteiger partial charge in [0.15, 0.2) is 5.69 Å². The van der Waals surface area contributed by atoms with Crippen molar-refractivity contribution < 1.29 is 0 Å². The average molecular weight is 271 g/mol. The lowest BCUT2D eigenvalue weighted by Gasteiger charge is -1.84. The van der Waals surface area contributed by atoms with E-state index in [1.54, 1.807) is 16.7 Å². The minimum atomic E-state index is 0.490. The topological polar surface area (TPSA) is 36.7 Å². The summed E-state index contributed by atoms with van der Waals surface area (Å²) < 4.78 is 1.06.